The Morgan fingerprint density at radius 1 is 1.47 bits per heavy atom. The second-order valence-electron chi connectivity index (χ2n) is 4.23. The lowest BCUT2D eigenvalue weighted by Gasteiger charge is -2.28. The van der Waals surface area contributed by atoms with E-state index in [2.05, 4.69) is 17.9 Å². The van der Waals surface area contributed by atoms with Crippen LogP contribution in [-0.2, 0) is 0 Å². The standard InChI is InChI=1S/C13H14ClNO2/c1-9-3-2-6-15(8-9)10-4-5-11(13(16)17)12(14)7-10/h3-5,7H,2,6,8H2,1H3,(H,16,17). The summed E-state index contributed by atoms with van der Waals surface area (Å²) in [5.74, 6) is -0.990. The van der Waals surface area contributed by atoms with Gasteiger partial charge in [-0.05, 0) is 31.5 Å². The molecule has 1 aliphatic heterocycles. The molecule has 0 bridgehead atoms. The molecule has 1 N–H and O–H groups in total. The molecule has 0 radical (unpaired) electrons. The van der Waals surface area contributed by atoms with Crippen molar-refractivity contribution in [3.8, 4) is 0 Å². The van der Waals surface area contributed by atoms with Crippen LogP contribution in [0.15, 0.2) is 29.8 Å². The lowest BCUT2D eigenvalue weighted by molar-refractivity contribution is 0.0697. The number of anilines is 1. The number of carboxylic acid groups (broad SMARTS) is 1. The lowest BCUT2D eigenvalue weighted by atomic mass is 10.1. The van der Waals surface area contributed by atoms with Gasteiger partial charge in [0.2, 0.25) is 0 Å². The maximum atomic E-state index is 10.9. The summed E-state index contributed by atoms with van der Waals surface area (Å²) in [5.41, 5.74) is 2.46. The molecule has 4 heteroatoms. The SMILES string of the molecule is CC1=CCCN(c2ccc(C(=O)O)c(Cl)c2)C1. The molecule has 0 aromatic heterocycles. The molecule has 2 rings (SSSR count). The van der Waals surface area contributed by atoms with E-state index in [1.807, 2.05) is 6.07 Å². The summed E-state index contributed by atoms with van der Waals surface area (Å²) in [4.78, 5) is 13.1. The maximum absolute atomic E-state index is 10.9. The Labute approximate surface area is 105 Å². The van der Waals surface area contributed by atoms with E-state index in [1.165, 1.54) is 5.57 Å². The molecular weight excluding hydrogens is 238 g/mol. The van der Waals surface area contributed by atoms with Crippen LogP contribution in [0, 0.1) is 0 Å². The van der Waals surface area contributed by atoms with Crippen molar-refractivity contribution in [2.24, 2.45) is 0 Å². The smallest absolute Gasteiger partial charge is 0.337 e. The van der Waals surface area contributed by atoms with Gasteiger partial charge in [0.1, 0.15) is 0 Å². The van der Waals surface area contributed by atoms with E-state index in [9.17, 15) is 4.79 Å². The minimum atomic E-state index is -0.990. The van der Waals surface area contributed by atoms with Crippen LogP contribution >= 0.6 is 11.6 Å². The maximum Gasteiger partial charge on any atom is 0.337 e. The molecule has 0 saturated carbocycles. The van der Waals surface area contributed by atoms with Gasteiger partial charge in [-0.2, -0.15) is 0 Å². The fourth-order valence-electron chi connectivity index (χ4n) is 2.01. The first-order chi connectivity index (χ1) is 8.08. The van der Waals surface area contributed by atoms with Gasteiger partial charge < -0.3 is 10.0 Å². The molecule has 1 aliphatic rings. The molecule has 0 saturated heterocycles. The van der Waals surface area contributed by atoms with E-state index in [4.69, 9.17) is 16.7 Å². The van der Waals surface area contributed by atoms with E-state index in [-0.39, 0.29) is 5.56 Å². The van der Waals surface area contributed by atoms with Crippen molar-refractivity contribution in [1.29, 1.82) is 0 Å². The fraction of sp³-hybridized carbons (Fsp3) is 0.308. The predicted octanol–water partition coefficient (Wildman–Crippen LogP) is 3.19. The minimum absolute atomic E-state index is 0.152. The number of benzene rings is 1. The third-order valence-electron chi connectivity index (χ3n) is 2.88. The van der Waals surface area contributed by atoms with Gasteiger partial charge in [0.25, 0.3) is 0 Å². The van der Waals surface area contributed by atoms with Gasteiger partial charge in [0, 0.05) is 18.8 Å². The largest absolute Gasteiger partial charge is 0.478 e. The summed E-state index contributed by atoms with van der Waals surface area (Å²) in [6.07, 6.45) is 3.24. The molecule has 0 amide bonds. The van der Waals surface area contributed by atoms with Crippen molar-refractivity contribution in [3.63, 3.8) is 0 Å². The number of rotatable bonds is 2. The van der Waals surface area contributed by atoms with Crippen LogP contribution in [0.1, 0.15) is 23.7 Å². The third kappa shape index (κ3) is 2.61. The van der Waals surface area contributed by atoms with Crippen molar-refractivity contribution in [2.75, 3.05) is 18.0 Å². The van der Waals surface area contributed by atoms with Crippen molar-refractivity contribution in [3.05, 3.63) is 40.4 Å². The van der Waals surface area contributed by atoms with Crippen LogP contribution in [0.3, 0.4) is 0 Å². The number of hydrogen-bond donors (Lipinski definition) is 1. The Hall–Kier alpha value is -1.48. The predicted molar refractivity (Wildman–Crippen MR) is 69.0 cm³/mol. The Balaban J connectivity index is 2.26. The van der Waals surface area contributed by atoms with Gasteiger partial charge >= 0.3 is 5.97 Å². The Kier molecular flexibility index (Phi) is 3.38. The van der Waals surface area contributed by atoms with E-state index < -0.39 is 5.97 Å². The first-order valence-corrected chi connectivity index (χ1v) is 5.89. The average Bonchev–Trinajstić information content (AvgIpc) is 2.28. The van der Waals surface area contributed by atoms with Gasteiger partial charge in [-0.15, -0.1) is 0 Å². The average molecular weight is 252 g/mol. The molecule has 17 heavy (non-hydrogen) atoms. The summed E-state index contributed by atoms with van der Waals surface area (Å²) in [6.45, 7) is 3.92. The van der Waals surface area contributed by atoms with E-state index in [0.717, 1.165) is 25.2 Å². The molecule has 0 unspecified atom stereocenters. The number of aromatic carboxylic acids is 1. The van der Waals surface area contributed by atoms with Crippen LogP contribution in [0.5, 0.6) is 0 Å². The first kappa shape index (κ1) is 12.0. The highest BCUT2D eigenvalue weighted by Crippen LogP contribution is 2.26. The van der Waals surface area contributed by atoms with E-state index >= 15 is 0 Å². The Bertz CT molecular complexity index is 482. The summed E-state index contributed by atoms with van der Waals surface area (Å²) < 4.78 is 0. The molecular formula is C13H14ClNO2. The zero-order chi connectivity index (χ0) is 12.4. The summed E-state index contributed by atoms with van der Waals surface area (Å²) in [5, 5.41) is 9.20. The highest BCUT2D eigenvalue weighted by atomic mass is 35.5. The van der Waals surface area contributed by atoms with Crippen molar-refractivity contribution < 1.29 is 9.90 Å². The van der Waals surface area contributed by atoms with Crippen molar-refractivity contribution >= 4 is 23.3 Å². The van der Waals surface area contributed by atoms with E-state index in [1.54, 1.807) is 12.1 Å². The topological polar surface area (TPSA) is 40.5 Å². The monoisotopic (exact) mass is 251 g/mol. The number of halogens is 1. The highest BCUT2D eigenvalue weighted by Gasteiger charge is 2.14. The normalized spacial score (nSPS) is 15.6. The molecule has 90 valence electrons. The summed E-state index contributed by atoms with van der Waals surface area (Å²) in [6, 6.07) is 5.10. The molecule has 0 atom stereocenters. The zero-order valence-electron chi connectivity index (χ0n) is 9.61. The molecule has 3 nitrogen and oxygen atoms in total. The quantitative estimate of drug-likeness (QED) is 0.821. The van der Waals surface area contributed by atoms with Gasteiger partial charge in [-0.25, -0.2) is 4.79 Å². The van der Waals surface area contributed by atoms with Crippen LogP contribution in [-0.4, -0.2) is 24.2 Å². The van der Waals surface area contributed by atoms with Gasteiger partial charge in [-0.3, -0.25) is 0 Å². The van der Waals surface area contributed by atoms with Crippen molar-refractivity contribution in [1.82, 2.24) is 0 Å². The molecule has 0 spiro atoms. The lowest BCUT2D eigenvalue weighted by Crippen LogP contribution is -2.29. The number of nitrogens with zero attached hydrogens (tertiary/aromatic N) is 1. The molecule has 0 aliphatic carbocycles. The first-order valence-electron chi connectivity index (χ1n) is 5.51. The Morgan fingerprint density at radius 2 is 2.24 bits per heavy atom. The third-order valence-corrected chi connectivity index (χ3v) is 3.19. The number of carboxylic acids is 1. The van der Waals surface area contributed by atoms with Gasteiger partial charge in [0.15, 0.2) is 0 Å². The minimum Gasteiger partial charge on any atom is -0.478 e. The number of carbonyl (C=O) groups is 1. The molecule has 0 fully saturated rings. The van der Waals surface area contributed by atoms with Crippen LogP contribution < -0.4 is 4.90 Å². The van der Waals surface area contributed by atoms with Crippen molar-refractivity contribution in [2.45, 2.75) is 13.3 Å². The fourth-order valence-corrected chi connectivity index (χ4v) is 2.26. The molecule has 1 aromatic rings. The van der Waals surface area contributed by atoms with Crippen LogP contribution in [0.25, 0.3) is 0 Å². The Morgan fingerprint density at radius 3 is 2.82 bits per heavy atom. The van der Waals surface area contributed by atoms with Crippen LogP contribution in [0.4, 0.5) is 5.69 Å². The molecule has 1 heterocycles. The number of hydrogen-bond acceptors (Lipinski definition) is 2. The second-order valence-corrected chi connectivity index (χ2v) is 4.64. The highest BCUT2D eigenvalue weighted by molar-refractivity contribution is 6.33. The summed E-state index contributed by atoms with van der Waals surface area (Å²) >= 11 is 5.96. The molecule has 1 aromatic carbocycles. The van der Waals surface area contributed by atoms with Crippen LogP contribution in [0.2, 0.25) is 5.02 Å². The zero-order valence-corrected chi connectivity index (χ0v) is 10.4. The second kappa shape index (κ2) is 4.80. The van der Waals surface area contributed by atoms with Gasteiger partial charge in [0.05, 0.1) is 10.6 Å². The van der Waals surface area contributed by atoms with E-state index in [0.29, 0.717) is 5.02 Å². The summed E-state index contributed by atoms with van der Waals surface area (Å²) in [7, 11) is 0. The van der Waals surface area contributed by atoms with Gasteiger partial charge in [-0.1, -0.05) is 23.3 Å².